The maximum Gasteiger partial charge on any atom is 0.407 e. The second-order valence-electron chi connectivity index (χ2n) is 9.35. The van der Waals surface area contributed by atoms with Crippen LogP contribution in [0, 0.1) is 16.0 Å². The van der Waals surface area contributed by atoms with Gasteiger partial charge in [-0.2, -0.15) is 0 Å². The van der Waals surface area contributed by atoms with Gasteiger partial charge in [-0.3, -0.25) is 10.1 Å². The Kier molecular flexibility index (Phi) is 7.18. The second-order valence-corrected chi connectivity index (χ2v) is 9.35. The SMILES string of the molecule is CC(C)(C)OC(=O)NCC1CCN(C2CCN(c3ccc([N+](=O)[O-])cc3)CC2)CC1. The van der Waals surface area contributed by atoms with Crippen molar-refractivity contribution in [3.05, 3.63) is 34.4 Å². The topological polar surface area (TPSA) is 88.0 Å². The Morgan fingerprint density at radius 1 is 1.10 bits per heavy atom. The van der Waals surface area contributed by atoms with Crippen LogP contribution in [0.5, 0.6) is 0 Å². The number of carbonyl (C=O) groups is 1. The van der Waals surface area contributed by atoms with Crippen LogP contribution < -0.4 is 10.2 Å². The molecule has 8 heteroatoms. The zero-order chi connectivity index (χ0) is 21.7. The normalized spacial score (nSPS) is 19.5. The van der Waals surface area contributed by atoms with Gasteiger partial charge in [0.2, 0.25) is 0 Å². The summed E-state index contributed by atoms with van der Waals surface area (Å²) in [4.78, 5) is 27.2. The van der Waals surface area contributed by atoms with Crippen molar-refractivity contribution in [2.45, 2.75) is 58.1 Å². The summed E-state index contributed by atoms with van der Waals surface area (Å²) in [5.41, 5.74) is 0.736. The molecular formula is C22H34N4O4. The molecule has 1 amide bonds. The fourth-order valence-corrected chi connectivity index (χ4v) is 4.34. The predicted octanol–water partition coefficient (Wildman–Crippen LogP) is 3.80. The molecule has 3 rings (SSSR count). The number of carbonyl (C=O) groups excluding carboxylic acids is 1. The number of nitrogens with one attached hydrogen (secondary N) is 1. The molecule has 2 heterocycles. The largest absolute Gasteiger partial charge is 0.444 e. The van der Waals surface area contributed by atoms with Crippen LogP contribution in [0.3, 0.4) is 0 Å². The molecule has 0 bridgehead atoms. The smallest absolute Gasteiger partial charge is 0.407 e. The minimum Gasteiger partial charge on any atom is -0.444 e. The minimum absolute atomic E-state index is 0.137. The summed E-state index contributed by atoms with van der Waals surface area (Å²) in [5, 5.41) is 13.7. The zero-order valence-electron chi connectivity index (χ0n) is 18.3. The maximum absolute atomic E-state index is 11.8. The van der Waals surface area contributed by atoms with Crippen LogP contribution in [0.4, 0.5) is 16.2 Å². The lowest BCUT2D eigenvalue weighted by Gasteiger charge is -2.42. The van der Waals surface area contributed by atoms with Gasteiger partial charge in [0.25, 0.3) is 5.69 Å². The lowest BCUT2D eigenvalue weighted by Crippen LogP contribution is -2.48. The number of nitro groups is 1. The second kappa shape index (κ2) is 9.64. The Hall–Kier alpha value is -2.35. The van der Waals surface area contributed by atoms with Crippen molar-refractivity contribution < 1.29 is 14.5 Å². The summed E-state index contributed by atoms with van der Waals surface area (Å²) < 4.78 is 5.31. The molecule has 166 valence electrons. The average molecular weight is 419 g/mol. The first-order valence-electron chi connectivity index (χ1n) is 10.9. The van der Waals surface area contributed by atoms with Gasteiger partial charge in [-0.05, 0) is 77.6 Å². The van der Waals surface area contributed by atoms with E-state index in [1.807, 2.05) is 32.9 Å². The first-order valence-corrected chi connectivity index (χ1v) is 10.9. The number of anilines is 1. The zero-order valence-corrected chi connectivity index (χ0v) is 18.3. The predicted molar refractivity (Wildman–Crippen MR) is 117 cm³/mol. The molecule has 2 aliphatic heterocycles. The fourth-order valence-electron chi connectivity index (χ4n) is 4.34. The van der Waals surface area contributed by atoms with E-state index in [0.717, 1.165) is 57.5 Å². The summed E-state index contributed by atoms with van der Waals surface area (Å²) in [6.45, 7) is 10.4. The van der Waals surface area contributed by atoms with E-state index >= 15 is 0 Å². The molecular weight excluding hydrogens is 384 g/mol. The van der Waals surface area contributed by atoms with Gasteiger partial charge in [-0.1, -0.05) is 0 Å². The van der Waals surface area contributed by atoms with Crippen LogP contribution in [-0.2, 0) is 4.74 Å². The van der Waals surface area contributed by atoms with Gasteiger partial charge in [0, 0.05) is 43.5 Å². The number of amides is 1. The van der Waals surface area contributed by atoms with Crippen LogP contribution in [0.2, 0.25) is 0 Å². The molecule has 2 saturated heterocycles. The van der Waals surface area contributed by atoms with Gasteiger partial charge in [-0.15, -0.1) is 0 Å². The number of ether oxygens (including phenoxy) is 1. The molecule has 8 nitrogen and oxygen atoms in total. The van der Waals surface area contributed by atoms with Crippen LogP contribution in [-0.4, -0.2) is 60.3 Å². The minimum atomic E-state index is -0.462. The highest BCUT2D eigenvalue weighted by atomic mass is 16.6. The molecule has 1 aromatic carbocycles. The van der Waals surface area contributed by atoms with Crippen molar-refractivity contribution in [2.24, 2.45) is 5.92 Å². The van der Waals surface area contributed by atoms with Crippen LogP contribution >= 0.6 is 0 Å². The molecule has 30 heavy (non-hydrogen) atoms. The molecule has 2 aliphatic rings. The lowest BCUT2D eigenvalue weighted by molar-refractivity contribution is -0.384. The molecule has 0 aromatic heterocycles. The first kappa shape index (κ1) is 22.3. The monoisotopic (exact) mass is 418 g/mol. The summed E-state index contributed by atoms with van der Waals surface area (Å²) in [5.74, 6) is 0.508. The maximum atomic E-state index is 11.8. The van der Waals surface area contributed by atoms with Crippen LogP contribution in [0.15, 0.2) is 24.3 Å². The van der Waals surface area contributed by atoms with Crippen molar-refractivity contribution in [1.29, 1.82) is 0 Å². The number of nitro benzene ring substituents is 1. The van der Waals surface area contributed by atoms with Gasteiger partial charge in [0.15, 0.2) is 0 Å². The number of rotatable bonds is 5. The number of hydrogen-bond donors (Lipinski definition) is 1. The number of piperidine rings is 2. The van der Waals surface area contributed by atoms with Gasteiger partial charge in [0.1, 0.15) is 5.60 Å². The molecule has 1 N–H and O–H groups in total. The number of non-ortho nitro benzene ring substituents is 1. The molecule has 0 unspecified atom stereocenters. The van der Waals surface area contributed by atoms with E-state index in [1.54, 1.807) is 12.1 Å². The summed E-state index contributed by atoms with van der Waals surface area (Å²) in [7, 11) is 0. The van der Waals surface area contributed by atoms with Gasteiger partial charge in [0.05, 0.1) is 4.92 Å². The van der Waals surface area contributed by atoms with Crippen LogP contribution in [0.25, 0.3) is 0 Å². The Morgan fingerprint density at radius 2 is 1.70 bits per heavy atom. The lowest BCUT2D eigenvalue weighted by atomic mass is 9.93. The quantitative estimate of drug-likeness (QED) is 0.578. The van der Waals surface area contributed by atoms with E-state index < -0.39 is 5.60 Å². The first-order chi connectivity index (χ1) is 14.2. The fraction of sp³-hybridized carbons (Fsp3) is 0.682. The molecule has 0 radical (unpaired) electrons. The molecule has 0 saturated carbocycles. The Balaban J connectivity index is 1.38. The summed E-state index contributed by atoms with van der Waals surface area (Å²) >= 11 is 0. The molecule has 0 spiro atoms. The van der Waals surface area contributed by atoms with Crippen LogP contribution in [0.1, 0.15) is 46.5 Å². The standard InChI is InChI=1S/C22H34N4O4/c1-22(2,3)30-21(27)23-16-17-8-12-24(13-9-17)19-10-14-25(15-11-19)18-4-6-20(7-5-18)26(28)29/h4-7,17,19H,8-16H2,1-3H3,(H,23,27). The van der Waals surface area contributed by atoms with Crippen molar-refractivity contribution in [1.82, 2.24) is 10.2 Å². The van der Waals surface area contributed by atoms with Gasteiger partial charge in [-0.25, -0.2) is 4.79 Å². The number of alkyl carbamates (subject to hydrolysis) is 1. The van der Waals surface area contributed by atoms with Crippen molar-refractivity contribution in [3.63, 3.8) is 0 Å². The van der Waals surface area contributed by atoms with Crippen molar-refractivity contribution >= 4 is 17.5 Å². The van der Waals surface area contributed by atoms with E-state index in [9.17, 15) is 14.9 Å². The highest BCUT2D eigenvalue weighted by Crippen LogP contribution is 2.27. The van der Waals surface area contributed by atoms with E-state index in [0.29, 0.717) is 18.5 Å². The number of hydrogen-bond acceptors (Lipinski definition) is 6. The third-order valence-corrected chi connectivity index (χ3v) is 5.99. The highest BCUT2D eigenvalue weighted by molar-refractivity contribution is 5.67. The summed E-state index contributed by atoms with van der Waals surface area (Å²) in [6.07, 6.45) is 4.08. The van der Waals surface area contributed by atoms with Gasteiger partial charge < -0.3 is 19.9 Å². The molecule has 0 aliphatic carbocycles. The average Bonchev–Trinajstić information content (AvgIpc) is 2.72. The van der Waals surface area contributed by atoms with E-state index in [4.69, 9.17) is 4.74 Å². The Labute approximate surface area is 178 Å². The molecule has 2 fully saturated rings. The number of benzene rings is 1. The van der Waals surface area contributed by atoms with Crippen molar-refractivity contribution in [2.75, 3.05) is 37.6 Å². The molecule has 0 atom stereocenters. The summed E-state index contributed by atoms with van der Waals surface area (Å²) in [6, 6.07) is 7.46. The third kappa shape index (κ3) is 6.32. The Morgan fingerprint density at radius 3 is 2.23 bits per heavy atom. The molecule has 1 aromatic rings. The van der Waals surface area contributed by atoms with E-state index in [1.165, 1.54) is 0 Å². The highest BCUT2D eigenvalue weighted by Gasteiger charge is 2.29. The van der Waals surface area contributed by atoms with E-state index in [-0.39, 0.29) is 16.7 Å². The van der Waals surface area contributed by atoms with E-state index in [2.05, 4.69) is 15.1 Å². The Bertz CT molecular complexity index is 716. The number of nitrogens with zero attached hydrogens (tertiary/aromatic N) is 3. The van der Waals surface area contributed by atoms with Crippen molar-refractivity contribution in [3.8, 4) is 0 Å². The number of likely N-dealkylation sites (tertiary alicyclic amines) is 1. The third-order valence-electron chi connectivity index (χ3n) is 5.99. The van der Waals surface area contributed by atoms with Gasteiger partial charge >= 0.3 is 6.09 Å².